The minimum absolute atomic E-state index is 0.0131. The lowest BCUT2D eigenvalue weighted by molar-refractivity contribution is -0.139. The van der Waals surface area contributed by atoms with E-state index in [-0.39, 0.29) is 18.4 Å². The summed E-state index contributed by atoms with van der Waals surface area (Å²) in [6, 6.07) is -0.290. The third-order valence-corrected chi connectivity index (χ3v) is 4.10. The Labute approximate surface area is 127 Å². The van der Waals surface area contributed by atoms with E-state index in [1.807, 2.05) is 20.8 Å². The van der Waals surface area contributed by atoms with Crippen molar-refractivity contribution in [2.75, 3.05) is 6.61 Å². The number of rotatable bonds is 5. The zero-order valence-corrected chi connectivity index (χ0v) is 13.7. The molecule has 1 amide bonds. The van der Waals surface area contributed by atoms with Crippen LogP contribution in [0.15, 0.2) is 0 Å². The number of nitrogens with zero attached hydrogens (tertiary/aromatic N) is 1. The molecule has 0 saturated heterocycles. The van der Waals surface area contributed by atoms with Gasteiger partial charge < -0.3 is 9.84 Å². The second-order valence-corrected chi connectivity index (χ2v) is 6.80. The molecule has 0 spiro atoms. The van der Waals surface area contributed by atoms with Crippen LogP contribution in [0.1, 0.15) is 66.2 Å². The van der Waals surface area contributed by atoms with Gasteiger partial charge in [-0.05, 0) is 46.5 Å². The predicted octanol–water partition coefficient (Wildman–Crippen LogP) is 3.67. The van der Waals surface area contributed by atoms with Crippen LogP contribution in [-0.4, -0.2) is 40.3 Å². The van der Waals surface area contributed by atoms with Crippen LogP contribution >= 0.6 is 0 Å². The van der Waals surface area contributed by atoms with E-state index in [0.29, 0.717) is 6.61 Å². The number of amides is 1. The Bertz CT molecular complexity index is 356. The Kier molecular flexibility index (Phi) is 6.49. The van der Waals surface area contributed by atoms with E-state index >= 15 is 0 Å². The van der Waals surface area contributed by atoms with E-state index in [9.17, 15) is 14.7 Å². The van der Waals surface area contributed by atoms with Crippen molar-refractivity contribution < 1.29 is 19.4 Å². The number of ether oxygens (including phenoxy) is 1. The molecule has 1 N–H and O–H groups in total. The van der Waals surface area contributed by atoms with Crippen LogP contribution in [0.2, 0.25) is 0 Å². The van der Waals surface area contributed by atoms with Gasteiger partial charge in [0.2, 0.25) is 0 Å². The van der Waals surface area contributed by atoms with Gasteiger partial charge >= 0.3 is 12.1 Å². The van der Waals surface area contributed by atoms with Gasteiger partial charge in [-0.1, -0.05) is 19.3 Å². The lowest BCUT2D eigenvalue weighted by atomic mass is 9.80. The first-order valence-corrected chi connectivity index (χ1v) is 7.95. The number of hydrogen-bond donors (Lipinski definition) is 1. The Morgan fingerprint density at radius 2 is 1.81 bits per heavy atom. The molecule has 0 aromatic heterocycles. The van der Waals surface area contributed by atoms with E-state index < -0.39 is 17.6 Å². The van der Waals surface area contributed by atoms with Crippen LogP contribution in [0.5, 0.6) is 0 Å². The zero-order valence-electron chi connectivity index (χ0n) is 13.7. The predicted molar refractivity (Wildman–Crippen MR) is 81.2 cm³/mol. The molecule has 1 fully saturated rings. The molecular weight excluding hydrogens is 270 g/mol. The van der Waals surface area contributed by atoms with Crippen molar-refractivity contribution in [3.05, 3.63) is 0 Å². The van der Waals surface area contributed by atoms with Gasteiger partial charge in [-0.3, -0.25) is 9.69 Å². The Morgan fingerprint density at radius 1 is 1.24 bits per heavy atom. The van der Waals surface area contributed by atoms with Crippen molar-refractivity contribution in [1.29, 1.82) is 0 Å². The van der Waals surface area contributed by atoms with Crippen LogP contribution in [0, 0.1) is 5.92 Å². The lowest BCUT2D eigenvalue weighted by Crippen LogP contribution is -2.55. The zero-order chi connectivity index (χ0) is 16.0. The molecule has 1 aliphatic carbocycles. The molecule has 1 unspecified atom stereocenters. The van der Waals surface area contributed by atoms with Crippen LogP contribution in [0.25, 0.3) is 0 Å². The molecule has 5 heteroatoms. The van der Waals surface area contributed by atoms with E-state index in [4.69, 9.17) is 4.74 Å². The lowest BCUT2D eigenvalue weighted by Gasteiger charge is -2.44. The summed E-state index contributed by atoms with van der Waals surface area (Å²) in [6.45, 7) is 7.87. The van der Waals surface area contributed by atoms with Crippen molar-refractivity contribution in [2.45, 2.75) is 77.8 Å². The number of aliphatic carboxylic acids is 1. The highest BCUT2D eigenvalue weighted by Gasteiger charge is 2.39. The van der Waals surface area contributed by atoms with E-state index in [2.05, 4.69) is 0 Å². The monoisotopic (exact) mass is 299 g/mol. The normalized spacial score (nSPS) is 18.1. The van der Waals surface area contributed by atoms with Crippen molar-refractivity contribution in [3.63, 3.8) is 0 Å². The Morgan fingerprint density at radius 3 is 2.24 bits per heavy atom. The molecular formula is C16H29NO4. The highest BCUT2D eigenvalue weighted by atomic mass is 16.6. The summed E-state index contributed by atoms with van der Waals surface area (Å²) in [7, 11) is 0. The molecule has 0 aromatic carbocycles. The van der Waals surface area contributed by atoms with Crippen LogP contribution in [0.3, 0.4) is 0 Å². The largest absolute Gasteiger partial charge is 0.481 e. The maximum Gasteiger partial charge on any atom is 0.410 e. The summed E-state index contributed by atoms with van der Waals surface area (Å²) in [6.07, 6.45) is 4.99. The van der Waals surface area contributed by atoms with Crippen molar-refractivity contribution in [1.82, 2.24) is 4.90 Å². The molecule has 0 radical (unpaired) electrons. The first-order chi connectivity index (χ1) is 9.77. The highest BCUT2D eigenvalue weighted by Crippen LogP contribution is 2.34. The summed E-state index contributed by atoms with van der Waals surface area (Å²) in [4.78, 5) is 25.3. The topological polar surface area (TPSA) is 66.8 Å². The van der Waals surface area contributed by atoms with Crippen LogP contribution in [0.4, 0.5) is 4.79 Å². The minimum Gasteiger partial charge on any atom is -0.481 e. The van der Waals surface area contributed by atoms with Gasteiger partial charge in [-0.15, -0.1) is 0 Å². The van der Waals surface area contributed by atoms with Gasteiger partial charge in [0.05, 0.1) is 13.0 Å². The van der Waals surface area contributed by atoms with Crippen LogP contribution in [-0.2, 0) is 9.53 Å². The second-order valence-electron chi connectivity index (χ2n) is 6.80. The number of carbonyl (C=O) groups excluding carboxylic acids is 1. The van der Waals surface area contributed by atoms with E-state index in [0.717, 1.165) is 25.7 Å². The van der Waals surface area contributed by atoms with Crippen molar-refractivity contribution in [3.8, 4) is 0 Å². The summed E-state index contributed by atoms with van der Waals surface area (Å²) in [5.41, 5.74) is -0.455. The summed E-state index contributed by atoms with van der Waals surface area (Å²) < 4.78 is 5.18. The quantitative estimate of drug-likeness (QED) is 0.841. The molecule has 0 aliphatic heterocycles. The first-order valence-electron chi connectivity index (χ1n) is 7.95. The number of hydrogen-bond acceptors (Lipinski definition) is 3. The molecule has 1 rings (SSSR count). The highest BCUT2D eigenvalue weighted by molar-refractivity contribution is 5.72. The molecule has 0 heterocycles. The maximum absolute atomic E-state index is 12.4. The smallest absolute Gasteiger partial charge is 0.410 e. The molecule has 0 bridgehead atoms. The SMILES string of the molecule is CCOC(=O)N(C(CC(=O)O)C1CCCCC1)C(C)(C)C. The Balaban J connectivity index is 3.03. The summed E-state index contributed by atoms with van der Waals surface area (Å²) in [5.74, 6) is -0.609. The molecule has 1 aliphatic rings. The third kappa shape index (κ3) is 5.21. The standard InChI is InChI=1S/C16H29NO4/c1-5-21-15(20)17(16(2,3)4)13(11-14(18)19)12-9-7-6-8-10-12/h12-13H,5-11H2,1-4H3,(H,18,19). The average Bonchev–Trinajstić information content (AvgIpc) is 2.37. The number of carboxylic acids is 1. The fourth-order valence-corrected chi connectivity index (χ4v) is 3.27. The van der Waals surface area contributed by atoms with Gasteiger partial charge in [0.1, 0.15) is 0 Å². The van der Waals surface area contributed by atoms with Gasteiger partial charge in [0.15, 0.2) is 0 Å². The second kappa shape index (κ2) is 7.66. The third-order valence-electron chi connectivity index (χ3n) is 4.10. The fourth-order valence-electron chi connectivity index (χ4n) is 3.27. The molecule has 122 valence electrons. The van der Waals surface area contributed by atoms with E-state index in [1.54, 1.807) is 11.8 Å². The molecule has 5 nitrogen and oxygen atoms in total. The molecule has 0 aromatic rings. The minimum atomic E-state index is -0.857. The average molecular weight is 299 g/mol. The summed E-state index contributed by atoms with van der Waals surface area (Å²) >= 11 is 0. The first kappa shape index (κ1) is 17.8. The number of carboxylic acid groups (broad SMARTS) is 1. The number of carbonyl (C=O) groups is 2. The van der Waals surface area contributed by atoms with Crippen molar-refractivity contribution in [2.24, 2.45) is 5.92 Å². The maximum atomic E-state index is 12.4. The summed E-state index contributed by atoms with van der Waals surface area (Å²) in [5, 5.41) is 9.26. The van der Waals surface area contributed by atoms with Gasteiger partial charge in [0, 0.05) is 11.6 Å². The molecule has 21 heavy (non-hydrogen) atoms. The van der Waals surface area contributed by atoms with Gasteiger partial charge in [0.25, 0.3) is 0 Å². The Hall–Kier alpha value is -1.26. The van der Waals surface area contributed by atoms with Gasteiger partial charge in [-0.2, -0.15) is 0 Å². The van der Waals surface area contributed by atoms with Crippen LogP contribution < -0.4 is 0 Å². The van der Waals surface area contributed by atoms with E-state index in [1.165, 1.54) is 6.42 Å². The van der Waals surface area contributed by atoms with Gasteiger partial charge in [-0.25, -0.2) is 4.79 Å². The van der Waals surface area contributed by atoms with Crippen molar-refractivity contribution >= 4 is 12.1 Å². The molecule has 1 atom stereocenters. The fraction of sp³-hybridized carbons (Fsp3) is 0.875. The molecule has 1 saturated carbocycles.